The largest absolute Gasteiger partial charge is 0.274 e. The van der Waals surface area contributed by atoms with Crippen molar-refractivity contribution in [3.63, 3.8) is 0 Å². The zero-order valence-electron chi connectivity index (χ0n) is 11.9. The smallest absolute Gasteiger partial charge is 0.237 e. The second kappa shape index (κ2) is 4.83. The number of carbonyl (C=O) groups is 2. The summed E-state index contributed by atoms with van der Waals surface area (Å²) in [6.45, 7) is 0. The quantitative estimate of drug-likeness (QED) is 0.585. The summed E-state index contributed by atoms with van der Waals surface area (Å²) in [7, 11) is 0. The summed E-state index contributed by atoms with van der Waals surface area (Å²) in [4.78, 5) is 26.9. The van der Waals surface area contributed by atoms with Crippen LogP contribution >= 0.6 is 0 Å². The number of carbonyl (C=O) groups excluding carboxylic acids is 2. The van der Waals surface area contributed by atoms with Crippen LogP contribution in [0, 0.1) is 23.7 Å². The van der Waals surface area contributed by atoms with E-state index in [1.165, 1.54) is 4.90 Å². The van der Waals surface area contributed by atoms with Gasteiger partial charge < -0.3 is 0 Å². The van der Waals surface area contributed by atoms with Crippen molar-refractivity contribution in [1.82, 2.24) is 0 Å². The van der Waals surface area contributed by atoms with Crippen LogP contribution in [0.1, 0.15) is 25.7 Å². The molecule has 4 rings (SSSR count). The van der Waals surface area contributed by atoms with Crippen LogP contribution in [0.3, 0.4) is 0 Å². The molecule has 2 fully saturated rings. The monoisotopic (exact) mass is 281 g/mol. The van der Waals surface area contributed by atoms with E-state index in [0.29, 0.717) is 11.8 Å². The molecule has 108 valence electrons. The van der Waals surface area contributed by atoms with Gasteiger partial charge in [0.15, 0.2) is 0 Å². The van der Waals surface area contributed by atoms with Crippen molar-refractivity contribution >= 4 is 17.5 Å². The lowest BCUT2D eigenvalue weighted by atomic mass is 9.54. The number of hydrogen-bond acceptors (Lipinski definition) is 2. The second-order valence-corrected chi connectivity index (χ2v) is 6.35. The first-order valence-electron chi connectivity index (χ1n) is 7.87. The highest BCUT2D eigenvalue weighted by Gasteiger charge is 2.63. The predicted molar refractivity (Wildman–Crippen MR) is 80.5 cm³/mol. The van der Waals surface area contributed by atoms with E-state index in [0.717, 1.165) is 31.4 Å². The third kappa shape index (κ3) is 1.80. The summed E-state index contributed by atoms with van der Waals surface area (Å²) in [5.74, 6) is 0.752. The molecule has 21 heavy (non-hydrogen) atoms. The SMILES string of the molecule is O=C1[C@@H]2[C@H]3CC/C=C\CC[C@@H]3[C@@H]2C(=O)N1c1ccccc1. The van der Waals surface area contributed by atoms with Gasteiger partial charge in [0.2, 0.25) is 11.8 Å². The zero-order chi connectivity index (χ0) is 14.4. The molecular formula is C18H19NO2. The minimum Gasteiger partial charge on any atom is -0.274 e. The summed E-state index contributed by atoms with van der Waals surface area (Å²) in [6, 6.07) is 9.36. The molecule has 0 bridgehead atoms. The molecule has 3 nitrogen and oxygen atoms in total. The van der Waals surface area contributed by atoms with Crippen molar-refractivity contribution in [1.29, 1.82) is 0 Å². The van der Waals surface area contributed by atoms with Crippen LogP contribution in [0.5, 0.6) is 0 Å². The lowest BCUT2D eigenvalue weighted by Crippen LogP contribution is -2.48. The second-order valence-electron chi connectivity index (χ2n) is 6.35. The molecule has 0 unspecified atom stereocenters. The van der Waals surface area contributed by atoms with Crippen LogP contribution in [0.2, 0.25) is 0 Å². The lowest BCUT2D eigenvalue weighted by molar-refractivity contribution is -0.137. The van der Waals surface area contributed by atoms with Gasteiger partial charge in [-0.15, -0.1) is 0 Å². The molecule has 1 aliphatic heterocycles. The Hall–Kier alpha value is -1.90. The van der Waals surface area contributed by atoms with E-state index < -0.39 is 0 Å². The number of para-hydroxylation sites is 1. The third-order valence-corrected chi connectivity index (χ3v) is 5.38. The van der Waals surface area contributed by atoms with E-state index in [2.05, 4.69) is 12.2 Å². The highest BCUT2D eigenvalue weighted by molar-refractivity contribution is 6.23. The van der Waals surface area contributed by atoms with Crippen LogP contribution < -0.4 is 4.90 Å². The van der Waals surface area contributed by atoms with Gasteiger partial charge in [-0.2, -0.15) is 0 Å². The first-order valence-corrected chi connectivity index (χ1v) is 7.87. The van der Waals surface area contributed by atoms with Gasteiger partial charge in [0, 0.05) is 0 Å². The van der Waals surface area contributed by atoms with Gasteiger partial charge in [-0.05, 0) is 49.7 Å². The molecule has 3 heteroatoms. The van der Waals surface area contributed by atoms with Crippen molar-refractivity contribution < 1.29 is 9.59 Å². The van der Waals surface area contributed by atoms with Gasteiger partial charge in [0.05, 0.1) is 17.5 Å². The van der Waals surface area contributed by atoms with E-state index in [-0.39, 0.29) is 23.7 Å². The Bertz CT molecular complexity index is 573. The first kappa shape index (κ1) is 12.8. The van der Waals surface area contributed by atoms with Crippen molar-refractivity contribution in [2.45, 2.75) is 25.7 Å². The molecule has 1 aromatic rings. The predicted octanol–water partition coefficient (Wildman–Crippen LogP) is 3.17. The number of nitrogens with zero attached hydrogens (tertiary/aromatic N) is 1. The highest BCUT2D eigenvalue weighted by Crippen LogP contribution is 2.56. The number of imide groups is 1. The molecule has 0 spiro atoms. The molecule has 0 aromatic heterocycles. The number of hydrogen-bond donors (Lipinski definition) is 0. The molecule has 1 heterocycles. The third-order valence-electron chi connectivity index (χ3n) is 5.38. The summed E-state index contributed by atoms with van der Waals surface area (Å²) < 4.78 is 0. The van der Waals surface area contributed by atoms with E-state index in [1.807, 2.05) is 30.3 Å². The van der Waals surface area contributed by atoms with Gasteiger partial charge in [-0.25, -0.2) is 0 Å². The van der Waals surface area contributed by atoms with Crippen molar-refractivity contribution in [3.8, 4) is 0 Å². The van der Waals surface area contributed by atoms with Crippen molar-refractivity contribution in [2.75, 3.05) is 4.90 Å². The Balaban J connectivity index is 1.65. The molecule has 1 aromatic carbocycles. The lowest BCUT2D eigenvalue weighted by Gasteiger charge is -2.46. The molecule has 1 saturated carbocycles. The van der Waals surface area contributed by atoms with Gasteiger partial charge in [0.25, 0.3) is 0 Å². The number of rotatable bonds is 1. The summed E-state index contributed by atoms with van der Waals surface area (Å²) in [5.41, 5.74) is 0.729. The minimum atomic E-state index is -0.0609. The molecule has 0 N–H and O–H groups in total. The molecule has 3 aliphatic rings. The van der Waals surface area contributed by atoms with E-state index >= 15 is 0 Å². The Morgan fingerprint density at radius 3 is 1.86 bits per heavy atom. The Labute approximate surface area is 124 Å². The topological polar surface area (TPSA) is 37.4 Å². The maximum atomic E-state index is 12.7. The number of anilines is 1. The summed E-state index contributed by atoms with van der Waals surface area (Å²) in [6.07, 6.45) is 8.61. The fourth-order valence-corrected chi connectivity index (χ4v) is 4.43. The van der Waals surface area contributed by atoms with E-state index in [9.17, 15) is 9.59 Å². The van der Waals surface area contributed by atoms with Crippen LogP contribution in [0.25, 0.3) is 0 Å². The van der Waals surface area contributed by atoms with Crippen LogP contribution in [0.4, 0.5) is 5.69 Å². The van der Waals surface area contributed by atoms with Gasteiger partial charge in [0.1, 0.15) is 0 Å². The van der Waals surface area contributed by atoms with E-state index in [4.69, 9.17) is 0 Å². The summed E-state index contributed by atoms with van der Waals surface area (Å²) >= 11 is 0. The van der Waals surface area contributed by atoms with Crippen LogP contribution in [0.15, 0.2) is 42.5 Å². The molecule has 2 amide bonds. The van der Waals surface area contributed by atoms with Gasteiger partial charge in [-0.3, -0.25) is 14.5 Å². The van der Waals surface area contributed by atoms with Crippen LogP contribution in [-0.2, 0) is 9.59 Å². The van der Waals surface area contributed by atoms with Gasteiger partial charge in [-0.1, -0.05) is 30.4 Å². The number of benzene rings is 1. The minimum absolute atomic E-state index is 0.0296. The first-order chi connectivity index (χ1) is 10.3. The fraction of sp³-hybridized carbons (Fsp3) is 0.444. The molecular weight excluding hydrogens is 262 g/mol. The average Bonchev–Trinajstić information content (AvgIpc) is 2.68. The zero-order valence-corrected chi connectivity index (χ0v) is 11.9. The van der Waals surface area contributed by atoms with Crippen molar-refractivity contribution in [3.05, 3.63) is 42.5 Å². The Kier molecular flexibility index (Phi) is 2.95. The number of amides is 2. The maximum Gasteiger partial charge on any atom is 0.237 e. The Morgan fingerprint density at radius 2 is 1.33 bits per heavy atom. The highest BCUT2D eigenvalue weighted by atomic mass is 16.2. The van der Waals surface area contributed by atoms with Crippen LogP contribution in [-0.4, -0.2) is 11.8 Å². The standard InChI is InChI=1S/C18H19NO2/c20-17-15-13-10-6-1-2-7-11-14(13)16(15)18(21)19(17)12-8-4-3-5-9-12/h1-5,8-9,13-16H,6-7,10-11H2/b2-1-/t13-,14-,15-,16+/m0/s1. The fourth-order valence-electron chi connectivity index (χ4n) is 4.43. The molecule has 0 radical (unpaired) electrons. The number of fused-ring (bicyclic) bond motifs is 4. The molecule has 1 saturated heterocycles. The molecule has 2 aliphatic carbocycles. The Morgan fingerprint density at radius 1 is 0.810 bits per heavy atom. The average molecular weight is 281 g/mol. The molecule has 4 atom stereocenters. The van der Waals surface area contributed by atoms with Crippen molar-refractivity contribution in [2.24, 2.45) is 23.7 Å². The normalized spacial score (nSPS) is 36.3. The summed E-state index contributed by atoms with van der Waals surface area (Å²) in [5, 5.41) is 0. The number of allylic oxidation sites excluding steroid dienone is 2. The van der Waals surface area contributed by atoms with E-state index in [1.54, 1.807) is 0 Å². The maximum absolute atomic E-state index is 12.7. The van der Waals surface area contributed by atoms with Gasteiger partial charge >= 0.3 is 0 Å².